The van der Waals surface area contributed by atoms with Gasteiger partial charge in [0.25, 0.3) is 0 Å². The van der Waals surface area contributed by atoms with Crippen molar-refractivity contribution in [3.8, 4) is 0 Å². The Kier molecular flexibility index (Phi) is 4.39. The van der Waals surface area contributed by atoms with E-state index < -0.39 is 0 Å². The minimum Gasteiger partial charge on any atom is -0.343 e. The van der Waals surface area contributed by atoms with Crippen LogP contribution in [0, 0.1) is 11.8 Å². The molecule has 0 aromatic rings. The molecule has 3 nitrogen and oxygen atoms in total. The SMILES string of the molecule is CC(C)C1CCN(C(=O)CCN)CC1. The number of piperidine rings is 1. The molecule has 0 saturated carbocycles. The van der Waals surface area contributed by atoms with Gasteiger partial charge < -0.3 is 10.6 Å². The minimum absolute atomic E-state index is 0.231. The highest BCUT2D eigenvalue weighted by molar-refractivity contribution is 5.76. The predicted molar refractivity (Wildman–Crippen MR) is 57.8 cm³/mol. The Bertz CT molecular complexity index is 184. The van der Waals surface area contributed by atoms with E-state index in [2.05, 4.69) is 13.8 Å². The molecule has 1 fully saturated rings. The molecular formula is C11H22N2O. The number of carbonyl (C=O) groups excluding carboxylic acids is 1. The first-order valence-electron chi connectivity index (χ1n) is 5.63. The third-order valence-electron chi connectivity index (χ3n) is 3.19. The number of carbonyl (C=O) groups is 1. The summed E-state index contributed by atoms with van der Waals surface area (Å²) in [5, 5.41) is 0. The van der Waals surface area contributed by atoms with E-state index in [1.807, 2.05) is 4.90 Å². The van der Waals surface area contributed by atoms with E-state index in [9.17, 15) is 4.79 Å². The second-order valence-electron chi connectivity index (χ2n) is 4.50. The molecule has 0 radical (unpaired) electrons. The first-order chi connectivity index (χ1) is 6.65. The maximum Gasteiger partial charge on any atom is 0.223 e. The molecule has 1 aliphatic heterocycles. The lowest BCUT2D eigenvalue weighted by Crippen LogP contribution is -2.40. The van der Waals surface area contributed by atoms with Gasteiger partial charge in [-0.2, -0.15) is 0 Å². The summed E-state index contributed by atoms with van der Waals surface area (Å²) in [5.74, 6) is 1.79. The zero-order valence-electron chi connectivity index (χ0n) is 9.33. The zero-order valence-corrected chi connectivity index (χ0v) is 9.33. The third kappa shape index (κ3) is 2.98. The molecule has 3 heteroatoms. The van der Waals surface area contributed by atoms with Gasteiger partial charge in [0.05, 0.1) is 0 Å². The van der Waals surface area contributed by atoms with Crippen molar-refractivity contribution in [2.45, 2.75) is 33.1 Å². The van der Waals surface area contributed by atoms with Crippen LogP contribution < -0.4 is 5.73 Å². The maximum absolute atomic E-state index is 11.5. The summed E-state index contributed by atoms with van der Waals surface area (Å²) in [6.45, 7) is 6.87. The van der Waals surface area contributed by atoms with E-state index in [0.717, 1.165) is 37.8 Å². The highest BCUT2D eigenvalue weighted by Gasteiger charge is 2.23. The van der Waals surface area contributed by atoms with E-state index >= 15 is 0 Å². The van der Waals surface area contributed by atoms with E-state index in [-0.39, 0.29) is 5.91 Å². The van der Waals surface area contributed by atoms with Crippen LogP contribution in [0.4, 0.5) is 0 Å². The van der Waals surface area contributed by atoms with E-state index in [1.165, 1.54) is 0 Å². The molecule has 1 aliphatic rings. The van der Waals surface area contributed by atoms with Gasteiger partial charge in [0.15, 0.2) is 0 Å². The number of nitrogens with zero attached hydrogens (tertiary/aromatic N) is 1. The van der Waals surface area contributed by atoms with Crippen molar-refractivity contribution >= 4 is 5.91 Å². The molecule has 0 atom stereocenters. The molecule has 2 N–H and O–H groups in total. The van der Waals surface area contributed by atoms with Crippen molar-refractivity contribution in [3.63, 3.8) is 0 Å². The molecule has 0 unspecified atom stereocenters. The van der Waals surface area contributed by atoms with E-state index in [0.29, 0.717) is 13.0 Å². The molecule has 14 heavy (non-hydrogen) atoms. The van der Waals surface area contributed by atoms with Gasteiger partial charge in [-0.15, -0.1) is 0 Å². The maximum atomic E-state index is 11.5. The molecule has 1 saturated heterocycles. The molecule has 0 aliphatic carbocycles. The molecule has 1 rings (SSSR count). The standard InChI is InChI=1S/C11H22N2O/c1-9(2)10-4-7-13(8-5-10)11(14)3-6-12/h9-10H,3-8,12H2,1-2H3. The summed E-state index contributed by atoms with van der Waals surface area (Å²) >= 11 is 0. The van der Waals surface area contributed by atoms with Crippen LogP contribution in [0.15, 0.2) is 0 Å². The fourth-order valence-corrected chi connectivity index (χ4v) is 2.10. The fourth-order valence-electron chi connectivity index (χ4n) is 2.10. The van der Waals surface area contributed by atoms with Crippen molar-refractivity contribution in [3.05, 3.63) is 0 Å². The topological polar surface area (TPSA) is 46.3 Å². The van der Waals surface area contributed by atoms with Crippen LogP contribution in [0.25, 0.3) is 0 Å². The zero-order chi connectivity index (χ0) is 10.6. The van der Waals surface area contributed by atoms with Gasteiger partial charge in [0.1, 0.15) is 0 Å². The van der Waals surface area contributed by atoms with E-state index in [4.69, 9.17) is 5.73 Å². The Labute approximate surface area is 86.6 Å². The Morgan fingerprint density at radius 1 is 1.43 bits per heavy atom. The van der Waals surface area contributed by atoms with Gasteiger partial charge in [0, 0.05) is 26.1 Å². The van der Waals surface area contributed by atoms with Gasteiger partial charge in [-0.25, -0.2) is 0 Å². The molecule has 0 aromatic carbocycles. The van der Waals surface area contributed by atoms with Crippen LogP contribution in [-0.2, 0) is 4.79 Å². The van der Waals surface area contributed by atoms with Crippen molar-refractivity contribution in [1.82, 2.24) is 4.90 Å². The molecule has 0 aromatic heterocycles. The summed E-state index contributed by atoms with van der Waals surface area (Å²) in [6, 6.07) is 0. The second kappa shape index (κ2) is 5.35. The smallest absolute Gasteiger partial charge is 0.223 e. The predicted octanol–water partition coefficient (Wildman–Crippen LogP) is 1.23. The van der Waals surface area contributed by atoms with Crippen LogP contribution >= 0.6 is 0 Å². The lowest BCUT2D eigenvalue weighted by atomic mass is 9.86. The average Bonchev–Trinajstić information content (AvgIpc) is 2.18. The summed E-state index contributed by atoms with van der Waals surface area (Å²) in [6.07, 6.45) is 2.83. The lowest BCUT2D eigenvalue weighted by molar-refractivity contribution is -0.132. The molecule has 1 amide bonds. The summed E-state index contributed by atoms with van der Waals surface area (Å²) in [7, 11) is 0. The van der Waals surface area contributed by atoms with Gasteiger partial charge in [-0.05, 0) is 24.7 Å². The largest absolute Gasteiger partial charge is 0.343 e. The van der Waals surface area contributed by atoms with E-state index in [1.54, 1.807) is 0 Å². The minimum atomic E-state index is 0.231. The number of likely N-dealkylation sites (tertiary alicyclic amines) is 1. The van der Waals surface area contributed by atoms with Crippen molar-refractivity contribution in [2.24, 2.45) is 17.6 Å². The van der Waals surface area contributed by atoms with Gasteiger partial charge in [-0.1, -0.05) is 13.8 Å². The van der Waals surface area contributed by atoms with Crippen LogP contribution in [0.3, 0.4) is 0 Å². The average molecular weight is 198 g/mol. The Hall–Kier alpha value is -0.570. The van der Waals surface area contributed by atoms with Crippen molar-refractivity contribution < 1.29 is 4.79 Å². The highest BCUT2D eigenvalue weighted by Crippen LogP contribution is 2.24. The number of hydrogen-bond acceptors (Lipinski definition) is 2. The summed E-state index contributed by atoms with van der Waals surface area (Å²) < 4.78 is 0. The first kappa shape index (κ1) is 11.5. The number of amides is 1. The van der Waals surface area contributed by atoms with Crippen molar-refractivity contribution in [2.75, 3.05) is 19.6 Å². The fraction of sp³-hybridized carbons (Fsp3) is 0.909. The molecule has 1 heterocycles. The van der Waals surface area contributed by atoms with Gasteiger partial charge >= 0.3 is 0 Å². The molecule has 0 bridgehead atoms. The van der Waals surface area contributed by atoms with Crippen LogP contribution in [0.5, 0.6) is 0 Å². The Morgan fingerprint density at radius 3 is 2.43 bits per heavy atom. The first-order valence-corrected chi connectivity index (χ1v) is 5.63. The summed E-state index contributed by atoms with van der Waals surface area (Å²) in [5.41, 5.74) is 5.36. The third-order valence-corrected chi connectivity index (χ3v) is 3.19. The molecule has 82 valence electrons. The van der Waals surface area contributed by atoms with Crippen molar-refractivity contribution in [1.29, 1.82) is 0 Å². The van der Waals surface area contributed by atoms with Gasteiger partial charge in [-0.3, -0.25) is 4.79 Å². The highest BCUT2D eigenvalue weighted by atomic mass is 16.2. The molecular weight excluding hydrogens is 176 g/mol. The Morgan fingerprint density at radius 2 is 2.00 bits per heavy atom. The quantitative estimate of drug-likeness (QED) is 0.741. The van der Waals surface area contributed by atoms with Gasteiger partial charge in [0.2, 0.25) is 5.91 Å². The van der Waals surface area contributed by atoms with Crippen LogP contribution in [0.2, 0.25) is 0 Å². The number of hydrogen-bond donors (Lipinski definition) is 1. The second-order valence-corrected chi connectivity index (χ2v) is 4.50. The monoisotopic (exact) mass is 198 g/mol. The number of nitrogens with two attached hydrogens (primary N) is 1. The lowest BCUT2D eigenvalue weighted by Gasteiger charge is -2.33. The molecule has 0 spiro atoms. The normalized spacial score (nSPS) is 19.0. The number of rotatable bonds is 3. The summed E-state index contributed by atoms with van der Waals surface area (Å²) in [4.78, 5) is 13.5. The van der Waals surface area contributed by atoms with Crippen LogP contribution in [-0.4, -0.2) is 30.4 Å². The Balaban J connectivity index is 2.31. The van der Waals surface area contributed by atoms with Crippen LogP contribution in [0.1, 0.15) is 33.1 Å².